The maximum atomic E-state index is 11.2. The molecule has 0 aromatic carbocycles. The molecule has 2 N–H and O–H groups in total. The van der Waals surface area contributed by atoms with Crippen LogP contribution in [0.5, 0.6) is 0 Å². The standard InChI is InChI=1S/C8H16Cl2N2O2Si/c1-2-7(15(9,10)14)3-5-12-6-4-11-8(12)13/h7,14H,2-6H2,1H3,(H,11,13). The lowest BCUT2D eigenvalue weighted by molar-refractivity contribution is 0.216. The Morgan fingerprint density at radius 1 is 1.67 bits per heavy atom. The SMILES string of the molecule is CCC(CCN1CCNC1=O)[Si](O)(Cl)Cl. The Balaban J connectivity index is 2.37. The highest BCUT2D eigenvalue weighted by atomic mass is 35.7. The summed E-state index contributed by atoms with van der Waals surface area (Å²) in [5, 5.41) is 2.72. The van der Waals surface area contributed by atoms with Gasteiger partial charge in [0, 0.05) is 25.2 Å². The molecule has 0 radical (unpaired) electrons. The molecule has 2 amide bonds. The van der Waals surface area contributed by atoms with Crippen molar-refractivity contribution in [3.05, 3.63) is 0 Å². The molecule has 0 aromatic rings. The minimum absolute atomic E-state index is 0.0424. The molecule has 1 atom stereocenters. The number of amides is 2. The van der Waals surface area contributed by atoms with E-state index in [1.807, 2.05) is 6.92 Å². The number of halogens is 2. The number of nitrogens with one attached hydrogen (secondary N) is 1. The average molecular weight is 271 g/mol. The van der Waals surface area contributed by atoms with E-state index in [9.17, 15) is 9.59 Å². The van der Waals surface area contributed by atoms with Crippen molar-refractivity contribution in [3.8, 4) is 0 Å². The van der Waals surface area contributed by atoms with Crippen LogP contribution >= 0.6 is 22.2 Å². The molecule has 0 saturated carbocycles. The van der Waals surface area contributed by atoms with E-state index in [0.29, 0.717) is 19.5 Å². The molecular weight excluding hydrogens is 255 g/mol. The van der Waals surface area contributed by atoms with Crippen molar-refractivity contribution in [1.82, 2.24) is 10.2 Å². The first-order valence-corrected chi connectivity index (χ1v) is 9.13. The Morgan fingerprint density at radius 3 is 2.73 bits per heavy atom. The van der Waals surface area contributed by atoms with Gasteiger partial charge in [-0.25, -0.2) is 4.79 Å². The monoisotopic (exact) mass is 270 g/mol. The van der Waals surface area contributed by atoms with Crippen LogP contribution < -0.4 is 5.32 Å². The van der Waals surface area contributed by atoms with Crippen LogP contribution in [0.4, 0.5) is 4.79 Å². The lowest BCUT2D eigenvalue weighted by atomic mass is 10.2. The fourth-order valence-corrected chi connectivity index (χ4v) is 4.21. The highest BCUT2D eigenvalue weighted by Gasteiger charge is 2.36. The predicted molar refractivity (Wildman–Crippen MR) is 63.3 cm³/mol. The maximum absolute atomic E-state index is 11.2. The number of carbonyl (C=O) groups is 1. The topological polar surface area (TPSA) is 52.6 Å². The maximum Gasteiger partial charge on any atom is 0.390 e. The average Bonchev–Trinajstić information content (AvgIpc) is 2.50. The molecule has 1 aliphatic rings. The van der Waals surface area contributed by atoms with Gasteiger partial charge >= 0.3 is 13.0 Å². The van der Waals surface area contributed by atoms with Gasteiger partial charge in [0.05, 0.1) is 0 Å². The molecule has 15 heavy (non-hydrogen) atoms. The first-order valence-electron chi connectivity index (χ1n) is 5.08. The van der Waals surface area contributed by atoms with Gasteiger partial charge in [-0.15, -0.1) is 22.2 Å². The molecule has 0 spiro atoms. The molecule has 1 aliphatic heterocycles. The van der Waals surface area contributed by atoms with Crippen LogP contribution in [-0.2, 0) is 0 Å². The molecule has 0 aromatic heterocycles. The van der Waals surface area contributed by atoms with Crippen molar-refractivity contribution in [3.63, 3.8) is 0 Å². The van der Waals surface area contributed by atoms with Crippen molar-refractivity contribution in [2.24, 2.45) is 0 Å². The van der Waals surface area contributed by atoms with Gasteiger partial charge in [-0.05, 0) is 6.42 Å². The molecule has 1 rings (SSSR count). The second kappa shape index (κ2) is 5.38. The molecule has 1 unspecified atom stereocenters. The Bertz CT molecular complexity index is 235. The van der Waals surface area contributed by atoms with Crippen molar-refractivity contribution < 1.29 is 9.59 Å². The van der Waals surface area contributed by atoms with Crippen molar-refractivity contribution in [2.45, 2.75) is 25.3 Å². The zero-order chi connectivity index (χ0) is 11.5. The number of carbonyl (C=O) groups excluding carboxylic acids is 1. The molecule has 0 bridgehead atoms. The van der Waals surface area contributed by atoms with E-state index in [4.69, 9.17) is 22.2 Å². The van der Waals surface area contributed by atoms with Gasteiger partial charge in [0.15, 0.2) is 0 Å². The largest absolute Gasteiger partial charge is 0.408 e. The Labute approximate surface area is 100 Å². The summed E-state index contributed by atoms with van der Waals surface area (Å²) >= 11 is 11.5. The van der Waals surface area contributed by atoms with Gasteiger partial charge in [-0.1, -0.05) is 13.3 Å². The molecule has 1 fully saturated rings. The Morgan fingerprint density at radius 2 is 2.33 bits per heavy atom. The van der Waals surface area contributed by atoms with E-state index < -0.39 is 6.94 Å². The Kier molecular flexibility index (Phi) is 4.70. The third-order valence-electron chi connectivity index (χ3n) is 2.68. The summed E-state index contributed by atoms with van der Waals surface area (Å²) in [5.41, 5.74) is -0.0748. The van der Waals surface area contributed by atoms with Crippen LogP contribution in [0.15, 0.2) is 0 Å². The summed E-state index contributed by atoms with van der Waals surface area (Å²) in [5.74, 6) is 0. The first-order chi connectivity index (χ1) is 6.95. The fourth-order valence-electron chi connectivity index (χ4n) is 1.66. The summed E-state index contributed by atoms with van der Waals surface area (Å²) < 4.78 is 0. The number of hydrogen-bond acceptors (Lipinski definition) is 2. The quantitative estimate of drug-likeness (QED) is 0.589. The summed E-state index contributed by atoms with van der Waals surface area (Å²) in [7, 11) is 0. The van der Waals surface area contributed by atoms with E-state index in [2.05, 4.69) is 5.32 Å². The number of nitrogens with zero attached hydrogens (tertiary/aromatic N) is 1. The van der Waals surface area contributed by atoms with Crippen LogP contribution in [0.2, 0.25) is 5.54 Å². The molecule has 7 heteroatoms. The Hall–Kier alpha value is 0.0269. The minimum atomic E-state index is -3.09. The van der Waals surface area contributed by atoms with Gasteiger partial charge in [0.2, 0.25) is 0 Å². The van der Waals surface area contributed by atoms with Crippen LogP contribution in [0.3, 0.4) is 0 Å². The van der Waals surface area contributed by atoms with Gasteiger partial charge < -0.3 is 15.0 Å². The lowest BCUT2D eigenvalue weighted by Crippen LogP contribution is -2.33. The summed E-state index contributed by atoms with van der Waals surface area (Å²) in [6.07, 6.45) is 1.41. The van der Waals surface area contributed by atoms with Crippen molar-refractivity contribution >= 4 is 35.1 Å². The molecule has 1 saturated heterocycles. The van der Waals surface area contributed by atoms with Gasteiger partial charge in [-0.3, -0.25) is 0 Å². The van der Waals surface area contributed by atoms with E-state index in [1.165, 1.54) is 0 Å². The lowest BCUT2D eigenvalue weighted by Gasteiger charge is -2.23. The first kappa shape index (κ1) is 13.1. The second-order valence-electron chi connectivity index (χ2n) is 3.70. The zero-order valence-corrected chi connectivity index (χ0v) is 11.2. The van der Waals surface area contributed by atoms with E-state index in [0.717, 1.165) is 13.0 Å². The van der Waals surface area contributed by atoms with E-state index in [-0.39, 0.29) is 11.6 Å². The number of rotatable bonds is 5. The summed E-state index contributed by atoms with van der Waals surface area (Å²) in [6.45, 7) is 0.873. The van der Waals surface area contributed by atoms with Crippen molar-refractivity contribution in [1.29, 1.82) is 0 Å². The van der Waals surface area contributed by atoms with Gasteiger partial charge in [-0.2, -0.15) is 0 Å². The fraction of sp³-hybridized carbons (Fsp3) is 0.875. The van der Waals surface area contributed by atoms with Crippen LogP contribution in [0.25, 0.3) is 0 Å². The minimum Gasteiger partial charge on any atom is -0.408 e. The zero-order valence-electron chi connectivity index (χ0n) is 8.67. The summed E-state index contributed by atoms with van der Waals surface area (Å²) in [4.78, 5) is 22.5. The van der Waals surface area contributed by atoms with E-state index in [1.54, 1.807) is 4.90 Å². The second-order valence-corrected chi connectivity index (χ2v) is 9.73. The molecule has 0 aliphatic carbocycles. The molecular formula is C8H16Cl2N2O2Si. The predicted octanol–water partition coefficient (Wildman–Crippen LogP) is 1.59. The van der Waals surface area contributed by atoms with E-state index >= 15 is 0 Å². The van der Waals surface area contributed by atoms with Crippen LogP contribution in [0.1, 0.15) is 19.8 Å². The smallest absolute Gasteiger partial charge is 0.390 e. The van der Waals surface area contributed by atoms with Gasteiger partial charge in [0.25, 0.3) is 0 Å². The third kappa shape index (κ3) is 3.83. The normalized spacial score (nSPS) is 19.2. The molecule has 88 valence electrons. The van der Waals surface area contributed by atoms with Crippen LogP contribution in [-0.4, -0.2) is 42.3 Å². The number of hydrogen-bond donors (Lipinski definition) is 2. The molecule has 4 nitrogen and oxygen atoms in total. The summed E-state index contributed by atoms with van der Waals surface area (Å²) in [6, 6.07) is -0.0424. The van der Waals surface area contributed by atoms with Crippen molar-refractivity contribution in [2.75, 3.05) is 19.6 Å². The number of urea groups is 1. The highest BCUT2D eigenvalue weighted by Crippen LogP contribution is 2.33. The van der Waals surface area contributed by atoms with Gasteiger partial charge in [0.1, 0.15) is 0 Å². The third-order valence-corrected chi connectivity index (χ3v) is 6.21. The highest BCUT2D eigenvalue weighted by molar-refractivity contribution is 7.42. The molecule has 1 heterocycles. The van der Waals surface area contributed by atoms with Crippen LogP contribution in [0, 0.1) is 0 Å².